The monoisotopic (exact) mass is 224 g/mol. The van der Waals surface area contributed by atoms with Crippen LogP contribution in [0, 0.1) is 11.3 Å². The first-order chi connectivity index (χ1) is 7.56. The van der Waals surface area contributed by atoms with Gasteiger partial charge in [-0.25, -0.2) is 0 Å². The van der Waals surface area contributed by atoms with Crippen LogP contribution < -0.4 is 11.1 Å². The molecule has 16 heavy (non-hydrogen) atoms. The lowest BCUT2D eigenvalue weighted by Crippen LogP contribution is -2.51. The predicted molar refractivity (Wildman–Crippen MR) is 69.4 cm³/mol. The first-order valence-electron chi connectivity index (χ1n) is 7.06. The summed E-state index contributed by atoms with van der Waals surface area (Å²) in [6.45, 7) is 6.92. The third kappa shape index (κ3) is 2.78. The summed E-state index contributed by atoms with van der Waals surface area (Å²) in [5.41, 5.74) is 7.14. The minimum Gasteiger partial charge on any atom is -0.324 e. The van der Waals surface area contributed by atoms with Crippen LogP contribution in [0.5, 0.6) is 0 Å². The number of hydrogen-bond acceptors (Lipinski definition) is 2. The highest BCUT2D eigenvalue weighted by atomic mass is 15.0. The third-order valence-corrected chi connectivity index (χ3v) is 4.92. The van der Waals surface area contributed by atoms with Gasteiger partial charge in [-0.15, -0.1) is 0 Å². The summed E-state index contributed by atoms with van der Waals surface area (Å²) < 4.78 is 0. The Morgan fingerprint density at radius 1 is 1.00 bits per heavy atom. The maximum atomic E-state index is 6.42. The van der Waals surface area contributed by atoms with Gasteiger partial charge in [0.05, 0.1) is 0 Å². The summed E-state index contributed by atoms with van der Waals surface area (Å²) in [7, 11) is 0. The maximum absolute atomic E-state index is 6.42. The molecule has 0 aromatic heterocycles. The zero-order chi connectivity index (χ0) is 11.6. The molecule has 0 unspecified atom stereocenters. The van der Waals surface area contributed by atoms with Crippen LogP contribution in [0.15, 0.2) is 0 Å². The van der Waals surface area contributed by atoms with Gasteiger partial charge < -0.3 is 11.1 Å². The predicted octanol–water partition coefficient (Wildman–Crippen LogP) is 2.67. The molecule has 2 aliphatic rings. The quantitative estimate of drug-likeness (QED) is 0.753. The Morgan fingerprint density at radius 2 is 1.62 bits per heavy atom. The van der Waals surface area contributed by atoms with Crippen LogP contribution in [0.4, 0.5) is 0 Å². The molecule has 0 aliphatic heterocycles. The molecule has 0 amide bonds. The molecule has 0 bridgehead atoms. The summed E-state index contributed by atoms with van der Waals surface area (Å²) in [4.78, 5) is 0. The van der Waals surface area contributed by atoms with Crippen molar-refractivity contribution in [2.45, 2.75) is 64.3 Å². The zero-order valence-corrected chi connectivity index (χ0v) is 11.0. The Hall–Kier alpha value is -0.0800. The Labute approximate surface area is 100 Å². The van der Waals surface area contributed by atoms with Crippen LogP contribution in [0.25, 0.3) is 0 Å². The largest absolute Gasteiger partial charge is 0.324 e. The highest BCUT2D eigenvalue weighted by molar-refractivity contribution is 4.98. The Balaban J connectivity index is 1.71. The lowest BCUT2D eigenvalue weighted by molar-refractivity contribution is 0.262. The van der Waals surface area contributed by atoms with E-state index in [1.165, 1.54) is 51.5 Å². The van der Waals surface area contributed by atoms with E-state index in [9.17, 15) is 0 Å². The molecule has 0 spiro atoms. The first-order valence-corrected chi connectivity index (χ1v) is 7.06. The van der Waals surface area contributed by atoms with Gasteiger partial charge in [0, 0.05) is 18.6 Å². The lowest BCUT2D eigenvalue weighted by atomic mass is 9.82. The summed E-state index contributed by atoms with van der Waals surface area (Å²) >= 11 is 0. The fourth-order valence-electron chi connectivity index (χ4n) is 3.11. The second-order valence-corrected chi connectivity index (χ2v) is 6.54. The summed E-state index contributed by atoms with van der Waals surface area (Å²) in [6.07, 6.45) is 9.30. The molecule has 3 N–H and O–H groups in total. The summed E-state index contributed by atoms with van der Waals surface area (Å²) in [6, 6.07) is 0. The number of hydrogen-bond donors (Lipinski definition) is 2. The average molecular weight is 224 g/mol. The third-order valence-electron chi connectivity index (χ3n) is 4.92. The molecule has 0 aromatic rings. The van der Waals surface area contributed by atoms with Crippen molar-refractivity contribution in [1.29, 1.82) is 0 Å². The topological polar surface area (TPSA) is 38.0 Å². The van der Waals surface area contributed by atoms with E-state index in [0.717, 1.165) is 12.5 Å². The molecule has 0 saturated heterocycles. The molecule has 2 rings (SSSR count). The van der Waals surface area contributed by atoms with Crippen LogP contribution in [0.1, 0.15) is 58.8 Å². The molecule has 2 fully saturated rings. The number of nitrogens with two attached hydrogens (primary N) is 1. The molecule has 0 heterocycles. The molecular formula is C14H28N2. The van der Waals surface area contributed by atoms with Crippen molar-refractivity contribution in [1.82, 2.24) is 5.32 Å². The van der Waals surface area contributed by atoms with Crippen molar-refractivity contribution in [3.8, 4) is 0 Å². The van der Waals surface area contributed by atoms with E-state index in [-0.39, 0.29) is 5.54 Å². The fourth-order valence-corrected chi connectivity index (χ4v) is 3.11. The van der Waals surface area contributed by atoms with E-state index in [1.807, 2.05) is 0 Å². The van der Waals surface area contributed by atoms with Crippen LogP contribution >= 0.6 is 0 Å². The second kappa shape index (κ2) is 4.66. The van der Waals surface area contributed by atoms with Crippen LogP contribution in [-0.2, 0) is 0 Å². The SMILES string of the molecule is CC(C)C1(CNCC2(N)CCCCC2)CC1. The van der Waals surface area contributed by atoms with Crippen molar-refractivity contribution < 1.29 is 0 Å². The van der Waals surface area contributed by atoms with E-state index in [4.69, 9.17) is 5.73 Å². The summed E-state index contributed by atoms with van der Waals surface area (Å²) in [5.74, 6) is 0.820. The van der Waals surface area contributed by atoms with Crippen molar-refractivity contribution in [2.24, 2.45) is 17.1 Å². The summed E-state index contributed by atoms with van der Waals surface area (Å²) in [5, 5.41) is 3.65. The van der Waals surface area contributed by atoms with Gasteiger partial charge in [0.1, 0.15) is 0 Å². The average Bonchev–Trinajstić information content (AvgIpc) is 3.00. The van der Waals surface area contributed by atoms with E-state index in [1.54, 1.807) is 0 Å². The van der Waals surface area contributed by atoms with E-state index in [0.29, 0.717) is 5.41 Å². The molecule has 94 valence electrons. The molecule has 2 aliphatic carbocycles. The van der Waals surface area contributed by atoms with Gasteiger partial charge in [-0.3, -0.25) is 0 Å². The fraction of sp³-hybridized carbons (Fsp3) is 1.00. The normalized spacial score (nSPS) is 27.0. The van der Waals surface area contributed by atoms with Crippen molar-refractivity contribution in [3.05, 3.63) is 0 Å². The number of rotatable bonds is 5. The molecule has 2 saturated carbocycles. The van der Waals surface area contributed by atoms with Crippen LogP contribution in [0.3, 0.4) is 0 Å². The van der Waals surface area contributed by atoms with Gasteiger partial charge in [-0.1, -0.05) is 33.1 Å². The second-order valence-electron chi connectivity index (χ2n) is 6.54. The van der Waals surface area contributed by atoms with Crippen LogP contribution in [0.2, 0.25) is 0 Å². The molecule has 0 radical (unpaired) electrons. The van der Waals surface area contributed by atoms with E-state index in [2.05, 4.69) is 19.2 Å². The van der Waals surface area contributed by atoms with Crippen molar-refractivity contribution in [3.63, 3.8) is 0 Å². The zero-order valence-electron chi connectivity index (χ0n) is 11.0. The van der Waals surface area contributed by atoms with Crippen molar-refractivity contribution in [2.75, 3.05) is 13.1 Å². The minimum atomic E-state index is 0.102. The first kappa shape index (κ1) is 12.4. The van der Waals surface area contributed by atoms with Crippen molar-refractivity contribution >= 4 is 0 Å². The van der Waals surface area contributed by atoms with Gasteiger partial charge in [-0.05, 0) is 37.0 Å². The van der Waals surface area contributed by atoms with Gasteiger partial charge in [0.25, 0.3) is 0 Å². The maximum Gasteiger partial charge on any atom is 0.0280 e. The van der Waals surface area contributed by atoms with Crippen LogP contribution in [-0.4, -0.2) is 18.6 Å². The Bertz CT molecular complexity index is 225. The van der Waals surface area contributed by atoms with Gasteiger partial charge in [0.15, 0.2) is 0 Å². The Morgan fingerprint density at radius 3 is 2.12 bits per heavy atom. The molecule has 0 aromatic carbocycles. The molecule has 2 nitrogen and oxygen atoms in total. The van der Waals surface area contributed by atoms with Gasteiger partial charge in [-0.2, -0.15) is 0 Å². The molecule has 0 atom stereocenters. The highest BCUT2D eigenvalue weighted by Crippen LogP contribution is 2.51. The minimum absolute atomic E-state index is 0.102. The highest BCUT2D eigenvalue weighted by Gasteiger charge is 2.45. The lowest BCUT2D eigenvalue weighted by Gasteiger charge is -2.34. The molecule has 2 heteroatoms. The van der Waals surface area contributed by atoms with E-state index >= 15 is 0 Å². The van der Waals surface area contributed by atoms with Gasteiger partial charge in [0.2, 0.25) is 0 Å². The standard InChI is InChI=1S/C14H28N2/c1-12(2)13(8-9-13)10-16-11-14(15)6-4-3-5-7-14/h12,16H,3-11,15H2,1-2H3. The smallest absolute Gasteiger partial charge is 0.0280 e. The Kier molecular flexibility index (Phi) is 3.60. The van der Waals surface area contributed by atoms with E-state index < -0.39 is 0 Å². The molecular weight excluding hydrogens is 196 g/mol. The van der Waals surface area contributed by atoms with Gasteiger partial charge >= 0.3 is 0 Å². The number of nitrogens with one attached hydrogen (secondary N) is 1.